The molecule has 3 saturated heterocycles. The Morgan fingerprint density at radius 2 is 1.41 bits per heavy atom. The third-order valence-electron chi connectivity index (χ3n) is 7.84. The van der Waals surface area contributed by atoms with Crippen molar-refractivity contribution in [2.75, 3.05) is 39.3 Å². The zero-order valence-electron chi connectivity index (χ0n) is 19.9. The van der Waals surface area contributed by atoms with Crippen LogP contribution < -0.4 is 10.1 Å². The van der Waals surface area contributed by atoms with Gasteiger partial charge in [-0.05, 0) is 81.2 Å². The molecule has 1 N–H and O–H groups in total. The van der Waals surface area contributed by atoms with Gasteiger partial charge in [0.25, 0.3) is 0 Å². The van der Waals surface area contributed by atoms with E-state index in [1.165, 1.54) is 65.0 Å². The Kier molecular flexibility index (Phi) is 6.36. The highest BCUT2D eigenvalue weighted by Gasteiger charge is 2.37. The zero-order valence-corrected chi connectivity index (χ0v) is 19.9. The minimum atomic E-state index is 0.506. The molecule has 3 aliphatic heterocycles. The van der Waals surface area contributed by atoms with Crippen LogP contribution in [-0.4, -0.2) is 70.9 Å². The first-order chi connectivity index (χ1) is 16.8. The predicted octanol–water partition coefficient (Wildman–Crippen LogP) is 4.42. The molecule has 0 amide bonds. The molecule has 3 fully saturated rings. The first kappa shape index (κ1) is 21.8. The van der Waals surface area contributed by atoms with Crippen molar-refractivity contribution < 1.29 is 4.74 Å². The van der Waals surface area contributed by atoms with E-state index in [1.54, 1.807) is 0 Å². The van der Waals surface area contributed by atoms with Crippen molar-refractivity contribution in [1.82, 2.24) is 24.9 Å². The van der Waals surface area contributed by atoms with E-state index in [0.717, 1.165) is 34.8 Å². The molecule has 0 radical (unpaired) electrons. The molecule has 0 saturated carbocycles. The molecular weight excluding hydrogens is 422 g/mol. The maximum atomic E-state index is 5.92. The smallest absolute Gasteiger partial charge is 0.127 e. The van der Waals surface area contributed by atoms with Crippen LogP contribution in [0.5, 0.6) is 11.5 Å². The molecule has 4 heterocycles. The molecule has 2 aromatic carbocycles. The van der Waals surface area contributed by atoms with E-state index in [9.17, 15) is 0 Å². The Morgan fingerprint density at radius 1 is 0.706 bits per heavy atom. The van der Waals surface area contributed by atoms with E-state index >= 15 is 0 Å². The van der Waals surface area contributed by atoms with Gasteiger partial charge in [-0.3, -0.25) is 14.5 Å². The van der Waals surface area contributed by atoms with Gasteiger partial charge in [-0.2, -0.15) is 5.10 Å². The summed E-state index contributed by atoms with van der Waals surface area (Å²) >= 11 is 0. The van der Waals surface area contributed by atoms with Gasteiger partial charge < -0.3 is 10.1 Å². The number of benzene rings is 2. The van der Waals surface area contributed by atoms with Gasteiger partial charge in [0.2, 0.25) is 0 Å². The molecule has 3 aromatic rings. The average Bonchev–Trinajstić information content (AvgIpc) is 3.36. The minimum absolute atomic E-state index is 0.506. The quantitative estimate of drug-likeness (QED) is 0.594. The lowest BCUT2D eigenvalue weighted by atomic mass is 9.95. The molecule has 0 unspecified atom stereocenters. The fourth-order valence-electron chi connectivity index (χ4n) is 5.72. The summed E-state index contributed by atoms with van der Waals surface area (Å²) in [5.74, 6) is 1.70. The number of nitrogens with zero attached hydrogens (tertiary/aromatic N) is 4. The van der Waals surface area contributed by atoms with Crippen LogP contribution in [0.2, 0.25) is 0 Å². The van der Waals surface area contributed by atoms with Crippen molar-refractivity contribution in [3.63, 3.8) is 0 Å². The zero-order chi connectivity index (χ0) is 22.7. The maximum Gasteiger partial charge on any atom is 0.127 e. The number of nitrogens with one attached hydrogen (secondary N) is 1. The van der Waals surface area contributed by atoms with Gasteiger partial charge in [0, 0.05) is 50.0 Å². The molecule has 0 atom stereocenters. The fraction of sp³-hybridized carbons (Fsp3) is 0.464. The number of likely N-dealkylation sites (tertiary alicyclic amines) is 2. The Balaban J connectivity index is 1.00. The minimum Gasteiger partial charge on any atom is -0.457 e. The van der Waals surface area contributed by atoms with Gasteiger partial charge in [-0.15, -0.1) is 0 Å². The molecule has 178 valence electrons. The summed E-state index contributed by atoms with van der Waals surface area (Å²) in [6.45, 7) is 7.30. The van der Waals surface area contributed by atoms with E-state index in [0.29, 0.717) is 6.04 Å². The number of hydrogen-bond acceptors (Lipinski definition) is 5. The summed E-state index contributed by atoms with van der Waals surface area (Å²) in [7, 11) is 0. The van der Waals surface area contributed by atoms with Crippen molar-refractivity contribution in [2.45, 2.75) is 43.8 Å². The van der Waals surface area contributed by atoms with E-state index < -0.39 is 0 Å². The number of hydrogen-bond donors (Lipinski definition) is 1. The highest BCUT2D eigenvalue weighted by molar-refractivity contribution is 5.59. The highest BCUT2D eigenvalue weighted by atomic mass is 16.5. The van der Waals surface area contributed by atoms with Gasteiger partial charge in [-0.25, -0.2) is 0 Å². The number of ether oxygens (including phenoxy) is 1. The van der Waals surface area contributed by atoms with Crippen LogP contribution >= 0.6 is 0 Å². The topological polar surface area (TPSA) is 45.6 Å². The van der Waals surface area contributed by atoms with E-state index in [1.807, 2.05) is 42.5 Å². The molecular formula is C28H35N5O. The molecule has 0 bridgehead atoms. The van der Waals surface area contributed by atoms with Gasteiger partial charge in [-0.1, -0.05) is 18.2 Å². The van der Waals surface area contributed by atoms with E-state index in [4.69, 9.17) is 9.84 Å². The van der Waals surface area contributed by atoms with E-state index in [2.05, 4.69) is 44.2 Å². The van der Waals surface area contributed by atoms with Crippen LogP contribution in [0.1, 0.15) is 31.7 Å². The van der Waals surface area contributed by atoms with Crippen LogP contribution in [0, 0.1) is 0 Å². The number of piperidine rings is 2. The second-order valence-electron chi connectivity index (χ2n) is 9.98. The third kappa shape index (κ3) is 4.76. The fourth-order valence-corrected chi connectivity index (χ4v) is 5.72. The lowest BCUT2D eigenvalue weighted by molar-refractivity contribution is -0.0165. The number of para-hydroxylation sites is 1. The van der Waals surface area contributed by atoms with E-state index in [-0.39, 0.29) is 0 Å². The molecule has 6 rings (SSSR count). The standard InChI is InChI=1S/C28H35N5O/c1-2-4-26(5-3-1)34-27-8-6-22(7-9-27)28-14-19-33(30-28)24-12-17-31(18-13-24)25-20-32(21-25)23-10-15-29-16-11-23/h1-9,14,19,23-25,29H,10-13,15-18,20-21H2. The molecule has 0 aliphatic carbocycles. The van der Waals surface area contributed by atoms with Crippen molar-refractivity contribution in [2.24, 2.45) is 0 Å². The first-order valence-electron chi connectivity index (χ1n) is 12.9. The summed E-state index contributed by atoms with van der Waals surface area (Å²) in [5.41, 5.74) is 2.16. The average molecular weight is 458 g/mol. The highest BCUT2D eigenvalue weighted by Crippen LogP contribution is 2.30. The van der Waals surface area contributed by atoms with Crippen molar-refractivity contribution in [3.8, 4) is 22.8 Å². The van der Waals surface area contributed by atoms with Crippen molar-refractivity contribution in [3.05, 3.63) is 66.9 Å². The van der Waals surface area contributed by atoms with Crippen LogP contribution in [0.25, 0.3) is 11.3 Å². The number of rotatable bonds is 6. The van der Waals surface area contributed by atoms with Gasteiger partial charge in [0.05, 0.1) is 11.7 Å². The van der Waals surface area contributed by atoms with Crippen LogP contribution in [-0.2, 0) is 0 Å². The summed E-state index contributed by atoms with van der Waals surface area (Å²) in [6.07, 6.45) is 7.17. The van der Waals surface area contributed by atoms with Crippen LogP contribution in [0.15, 0.2) is 66.9 Å². The summed E-state index contributed by atoms with van der Waals surface area (Å²) in [6, 6.07) is 22.4. The molecule has 34 heavy (non-hydrogen) atoms. The summed E-state index contributed by atoms with van der Waals surface area (Å²) in [5, 5.41) is 8.42. The Labute approximate surface area is 202 Å². The van der Waals surface area contributed by atoms with Crippen LogP contribution in [0.3, 0.4) is 0 Å². The monoisotopic (exact) mass is 457 g/mol. The third-order valence-corrected chi connectivity index (χ3v) is 7.84. The first-order valence-corrected chi connectivity index (χ1v) is 12.9. The second-order valence-corrected chi connectivity index (χ2v) is 9.98. The molecule has 0 spiro atoms. The Morgan fingerprint density at radius 3 is 2.15 bits per heavy atom. The largest absolute Gasteiger partial charge is 0.457 e. The van der Waals surface area contributed by atoms with Gasteiger partial charge in [0.1, 0.15) is 11.5 Å². The Hall–Kier alpha value is -2.67. The van der Waals surface area contributed by atoms with Gasteiger partial charge in [0.15, 0.2) is 0 Å². The SMILES string of the molecule is c1ccc(Oc2ccc(-c3ccn(C4CCN(C5CN(C6CCNCC6)C5)CC4)n3)cc2)cc1. The second kappa shape index (κ2) is 9.90. The molecule has 6 nitrogen and oxygen atoms in total. The maximum absolute atomic E-state index is 5.92. The van der Waals surface area contributed by atoms with Crippen molar-refractivity contribution in [1.29, 1.82) is 0 Å². The number of aromatic nitrogens is 2. The lowest BCUT2D eigenvalue weighted by Crippen LogP contribution is -2.64. The summed E-state index contributed by atoms with van der Waals surface area (Å²) in [4.78, 5) is 5.44. The molecule has 3 aliphatic rings. The molecule has 1 aromatic heterocycles. The predicted molar refractivity (Wildman–Crippen MR) is 135 cm³/mol. The Bertz CT molecular complexity index is 1050. The van der Waals surface area contributed by atoms with Gasteiger partial charge >= 0.3 is 0 Å². The van der Waals surface area contributed by atoms with Crippen molar-refractivity contribution >= 4 is 0 Å². The lowest BCUT2D eigenvalue weighted by Gasteiger charge is -2.51. The molecule has 6 heteroatoms. The normalized spacial score (nSPS) is 21.4. The van der Waals surface area contributed by atoms with Crippen LogP contribution in [0.4, 0.5) is 0 Å². The summed E-state index contributed by atoms with van der Waals surface area (Å²) < 4.78 is 8.12.